The number of ether oxygens (including phenoxy) is 1. The van der Waals surface area contributed by atoms with E-state index in [-0.39, 0.29) is 18.5 Å². The molecule has 0 bridgehead atoms. The molecule has 0 rings (SSSR count). The number of amides is 1. The van der Waals surface area contributed by atoms with Crippen molar-refractivity contribution < 1.29 is 24.5 Å². The molecule has 460 valence electrons. The molecule has 78 heavy (non-hydrogen) atoms. The third kappa shape index (κ3) is 63.3. The molecule has 1 amide bonds. The molecular formula is C72H137NO5. The minimum Gasteiger partial charge on any atom is -0.466 e. The highest BCUT2D eigenvalue weighted by Gasteiger charge is 2.20. The van der Waals surface area contributed by atoms with Gasteiger partial charge in [0.2, 0.25) is 5.91 Å². The Balaban J connectivity index is 3.36. The van der Waals surface area contributed by atoms with Crippen LogP contribution in [-0.2, 0) is 14.3 Å². The van der Waals surface area contributed by atoms with Crippen LogP contribution in [0.3, 0.4) is 0 Å². The van der Waals surface area contributed by atoms with E-state index in [1.807, 2.05) is 0 Å². The van der Waals surface area contributed by atoms with Crippen molar-refractivity contribution in [1.82, 2.24) is 5.32 Å². The van der Waals surface area contributed by atoms with E-state index in [9.17, 15) is 19.8 Å². The van der Waals surface area contributed by atoms with Crippen molar-refractivity contribution in [2.24, 2.45) is 0 Å². The fourth-order valence-electron chi connectivity index (χ4n) is 11.0. The summed E-state index contributed by atoms with van der Waals surface area (Å²) in [5, 5.41) is 23.3. The topological polar surface area (TPSA) is 95.9 Å². The fourth-order valence-corrected chi connectivity index (χ4v) is 11.0. The highest BCUT2D eigenvalue weighted by molar-refractivity contribution is 5.76. The van der Waals surface area contributed by atoms with Crippen molar-refractivity contribution in [1.29, 1.82) is 0 Å². The molecule has 2 unspecified atom stereocenters. The quantitative estimate of drug-likeness (QED) is 0.0320. The molecule has 0 fully saturated rings. The summed E-state index contributed by atoms with van der Waals surface area (Å²) in [6.45, 7) is 4.95. The number of esters is 1. The second-order valence-corrected chi connectivity index (χ2v) is 24.2. The number of unbranched alkanes of at least 4 members (excludes halogenated alkanes) is 49. The number of aliphatic hydroxyl groups excluding tert-OH is 2. The number of carbonyl (C=O) groups excluding carboxylic acids is 2. The van der Waals surface area contributed by atoms with E-state index in [0.29, 0.717) is 25.9 Å². The van der Waals surface area contributed by atoms with Crippen LogP contribution in [0.25, 0.3) is 0 Å². The third-order valence-electron chi connectivity index (χ3n) is 16.4. The first-order chi connectivity index (χ1) is 38.5. The van der Waals surface area contributed by atoms with Crippen LogP contribution in [0.1, 0.15) is 386 Å². The molecule has 0 aromatic rings. The molecule has 6 nitrogen and oxygen atoms in total. The minimum atomic E-state index is -0.664. The lowest BCUT2D eigenvalue weighted by Crippen LogP contribution is -2.45. The predicted octanol–water partition coefficient (Wildman–Crippen LogP) is 22.7. The number of rotatable bonds is 66. The van der Waals surface area contributed by atoms with E-state index in [1.54, 1.807) is 0 Å². The monoisotopic (exact) mass is 1100 g/mol. The molecule has 0 aromatic carbocycles. The Morgan fingerprint density at radius 2 is 0.641 bits per heavy atom. The van der Waals surface area contributed by atoms with E-state index >= 15 is 0 Å². The third-order valence-corrected chi connectivity index (χ3v) is 16.4. The zero-order valence-corrected chi connectivity index (χ0v) is 52.7. The molecule has 0 saturated carbocycles. The van der Waals surface area contributed by atoms with Crippen molar-refractivity contribution in [3.8, 4) is 0 Å². The van der Waals surface area contributed by atoms with Gasteiger partial charge in [0.1, 0.15) is 0 Å². The largest absolute Gasteiger partial charge is 0.466 e. The lowest BCUT2D eigenvalue weighted by molar-refractivity contribution is -0.143. The molecular weight excluding hydrogens is 959 g/mol. The smallest absolute Gasteiger partial charge is 0.305 e. The van der Waals surface area contributed by atoms with Gasteiger partial charge < -0.3 is 20.3 Å². The second kappa shape index (κ2) is 67.6. The molecule has 6 heteroatoms. The van der Waals surface area contributed by atoms with Crippen molar-refractivity contribution in [2.75, 3.05) is 13.2 Å². The summed E-state index contributed by atoms with van der Waals surface area (Å²) in [6.07, 6.45) is 86.2. The minimum absolute atomic E-state index is 0.0125. The second-order valence-electron chi connectivity index (χ2n) is 24.2. The van der Waals surface area contributed by atoms with Crippen molar-refractivity contribution >= 4 is 11.9 Å². The molecule has 0 aliphatic rings. The zero-order valence-electron chi connectivity index (χ0n) is 52.7. The average Bonchev–Trinajstić information content (AvgIpc) is 3.44. The summed E-state index contributed by atoms with van der Waals surface area (Å²) in [4.78, 5) is 24.6. The highest BCUT2D eigenvalue weighted by atomic mass is 16.5. The van der Waals surface area contributed by atoms with Crippen molar-refractivity contribution in [3.63, 3.8) is 0 Å². The normalized spacial score (nSPS) is 12.7. The lowest BCUT2D eigenvalue weighted by Gasteiger charge is -2.22. The van der Waals surface area contributed by atoms with Gasteiger partial charge in [-0.3, -0.25) is 9.59 Å². The predicted molar refractivity (Wildman–Crippen MR) is 343 cm³/mol. The summed E-state index contributed by atoms with van der Waals surface area (Å²) in [6, 6.07) is -0.541. The molecule has 0 spiro atoms. The first-order valence-electron chi connectivity index (χ1n) is 35.2. The van der Waals surface area contributed by atoms with Crippen molar-refractivity contribution in [3.05, 3.63) is 36.5 Å². The van der Waals surface area contributed by atoms with E-state index in [0.717, 1.165) is 51.4 Å². The number of allylic oxidation sites excluding steroid dienone is 6. The maximum Gasteiger partial charge on any atom is 0.305 e. The van der Waals surface area contributed by atoms with E-state index in [1.165, 1.54) is 302 Å². The van der Waals surface area contributed by atoms with E-state index in [4.69, 9.17) is 4.74 Å². The molecule has 0 aliphatic carbocycles. The number of hydrogen-bond donors (Lipinski definition) is 3. The van der Waals surface area contributed by atoms with Gasteiger partial charge in [0.05, 0.1) is 25.4 Å². The summed E-state index contributed by atoms with van der Waals surface area (Å²) >= 11 is 0. The maximum absolute atomic E-state index is 12.5. The maximum atomic E-state index is 12.5. The van der Waals surface area contributed by atoms with Crippen LogP contribution < -0.4 is 5.32 Å². The first kappa shape index (κ1) is 76.1. The Kier molecular flexibility index (Phi) is 65.9. The van der Waals surface area contributed by atoms with Crippen LogP contribution in [0.15, 0.2) is 36.5 Å². The van der Waals surface area contributed by atoms with Crippen LogP contribution in [0.4, 0.5) is 0 Å². The first-order valence-corrected chi connectivity index (χ1v) is 35.2. The van der Waals surface area contributed by atoms with Gasteiger partial charge in [-0.05, 0) is 83.5 Å². The van der Waals surface area contributed by atoms with Gasteiger partial charge in [0.25, 0.3) is 0 Å². The zero-order chi connectivity index (χ0) is 56.4. The van der Waals surface area contributed by atoms with Crippen molar-refractivity contribution in [2.45, 2.75) is 398 Å². The van der Waals surface area contributed by atoms with Crippen LogP contribution in [0, 0.1) is 0 Å². The number of carbonyl (C=O) groups is 2. The van der Waals surface area contributed by atoms with Crippen LogP contribution in [-0.4, -0.2) is 47.4 Å². The molecule has 0 heterocycles. The van der Waals surface area contributed by atoms with Crippen LogP contribution in [0.2, 0.25) is 0 Å². The Morgan fingerprint density at radius 3 is 1.01 bits per heavy atom. The van der Waals surface area contributed by atoms with Gasteiger partial charge in [-0.25, -0.2) is 0 Å². The lowest BCUT2D eigenvalue weighted by atomic mass is 10.0. The van der Waals surface area contributed by atoms with E-state index < -0.39 is 12.1 Å². The summed E-state index contributed by atoms with van der Waals surface area (Å²) < 4.78 is 5.51. The van der Waals surface area contributed by atoms with Gasteiger partial charge in [-0.1, -0.05) is 326 Å². The summed E-state index contributed by atoms with van der Waals surface area (Å²) in [7, 11) is 0. The Bertz CT molecular complexity index is 1260. The number of nitrogens with one attached hydrogen (secondary N) is 1. The summed E-state index contributed by atoms with van der Waals surface area (Å²) in [5.41, 5.74) is 0. The number of aliphatic hydroxyl groups is 2. The van der Waals surface area contributed by atoms with Gasteiger partial charge in [0.15, 0.2) is 0 Å². The molecule has 2 atom stereocenters. The van der Waals surface area contributed by atoms with Gasteiger partial charge in [-0.15, -0.1) is 0 Å². The van der Waals surface area contributed by atoms with Gasteiger partial charge >= 0.3 is 5.97 Å². The Hall–Kier alpha value is -1.92. The highest BCUT2D eigenvalue weighted by Crippen LogP contribution is 2.18. The molecule has 3 N–H and O–H groups in total. The van der Waals surface area contributed by atoms with E-state index in [2.05, 4.69) is 55.6 Å². The molecule has 0 aromatic heterocycles. The van der Waals surface area contributed by atoms with Gasteiger partial charge in [0, 0.05) is 12.8 Å². The van der Waals surface area contributed by atoms with Gasteiger partial charge in [-0.2, -0.15) is 0 Å². The van der Waals surface area contributed by atoms with Crippen LogP contribution >= 0.6 is 0 Å². The Labute approximate surface area is 487 Å². The van der Waals surface area contributed by atoms with Crippen LogP contribution in [0.5, 0.6) is 0 Å². The molecule has 0 radical (unpaired) electrons. The number of hydrogen-bond acceptors (Lipinski definition) is 5. The SMILES string of the molecule is CCCCC/C=C\C/C=C\CCCCCCCCCCCC(=O)OCCCCCCCCCCCCCC/C=C\CCCCCCCCCCCCCCC(=O)NC(CO)C(O)CCCCCCCCCCCCCCCC. The standard InChI is InChI=1S/C72H137NO5/c1-3-5-7-9-11-13-15-17-19-20-31-35-38-42-46-50-54-58-62-66-72(77)78-67-63-59-55-51-47-43-39-36-33-30-28-26-24-22-21-23-25-27-29-32-34-37-41-45-49-53-57-61-65-71(76)73-69(68-74)70(75)64-60-56-52-48-44-40-18-16-14-12-10-8-6-4-2/h11,13,17,19,21-22,69-70,74-75H,3-10,12,14-16,18,20,23-68H2,1-2H3,(H,73,76)/b13-11-,19-17-,22-21-. The average molecular weight is 1100 g/mol. The molecule has 0 saturated heterocycles. The summed E-state index contributed by atoms with van der Waals surface area (Å²) in [5.74, 6) is -0.0204. The molecule has 0 aliphatic heterocycles. The fraction of sp³-hybridized carbons (Fsp3) is 0.889. The Morgan fingerprint density at radius 1 is 0.359 bits per heavy atom.